The van der Waals surface area contributed by atoms with Gasteiger partial charge in [0.15, 0.2) is 0 Å². The second-order valence-corrected chi connectivity index (χ2v) is 6.28. The molecule has 0 radical (unpaired) electrons. The molecule has 2 fully saturated rings. The SMILES string of the molecule is CC(c1cccc(Br)c1)N1CC2CNCC2C1. The Labute approximate surface area is 112 Å². The molecule has 0 bridgehead atoms. The van der Waals surface area contributed by atoms with Gasteiger partial charge in [-0.05, 0) is 49.5 Å². The molecule has 1 N–H and O–H groups in total. The molecule has 92 valence electrons. The third-order valence-electron chi connectivity index (χ3n) is 4.30. The van der Waals surface area contributed by atoms with Gasteiger partial charge in [0.05, 0.1) is 0 Å². The van der Waals surface area contributed by atoms with Gasteiger partial charge < -0.3 is 5.32 Å². The minimum atomic E-state index is 0.540. The van der Waals surface area contributed by atoms with Gasteiger partial charge in [0.1, 0.15) is 0 Å². The van der Waals surface area contributed by atoms with Gasteiger partial charge in [-0.15, -0.1) is 0 Å². The lowest BCUT2D eigenvalue weighted by Gasteiger charge is -2.25. The number of rotatable bonds is 2. The van der Waals surface area contributed by atoms with E-state index in [9.17, 15) is 0 Å². The average molecular weight is 295 g/mol. The van der Waals surface area contributed by atoms with E-state index in [2.05, 4.69) is 57.3 Å². The van der Waals surface area contributed by atoms with Crippen molar-refractivity contribution < 1.29 is 0 Å². The van der Waals surface area contributed by atoms with E-state index in [1.807, 2.05) is 0 Å². The van der Waals surface area contributed by atoms with E-state index >= 15 is 0 Å². The van der Waals surface area contributed by atoms with Crippen LogP contribution in [0.1, 0.15) is 18.5 Å². The lowest BCUT2D eigenvalue weighted by molar-refractivity contribution is 0.244. The first kappa shape index (κ1) is 11.7. The lowest BCUT2D eigenvalue weighted by atomic mass is 10.0. The lowest BCUT2D eigenvalue weighted by Crippen LogP contribution is -2.28. The highest BCUT2D eigenvalue weighted by Crippen LogP contribution is 2.33. The number of hydrogen-bond acceptors (Lipinski definition) is 2. The minimum Gasteiger partial charge on any atom is -0.316 e. The average Bonchev–Trinajstić information content (AvgIpc) is 2.88. The van der Waals surface area contributed by atoms with Crippen molar-refractivity contribution >= 4 is 15.9 Å². The fourth-order valence-corrected chi connectivity index (χ4v) is 3.60. The molecule has 3 atom stereocenters. The second kappa shape index (κ2) is 4.71. The molecular formula is C14H19BrN2. The minimum absolute atomic E-state index is 0.540. The van der Waals surface area contributed by atoms with Crippen molar-refractivity contribution in [3.63, 3.8) is 0 Å². The standard InChI is InChI=1S/C14H19BrN2/c1-10(11-3-2-4-14(15)5-11)17-8-12-6-16-7-13(12)9-17/h2-5,10,12-13,16H,6-9H2,1H3. The Bertz CT molecular complexity index is 395. The first-order chi connectivity index (χ1) is 8.24. The van der Waals surface area contributed by atoms with E-state index < -0.39 is 0 Å². The van der Waals surface area contributed by atoms with Crippen molar-refractivity contribution in [3.8, 4) is 0 Å². The first-order valence-electron chi connectivity index (χ1n) is 6.44. The molecule has 3 unspecified atom stereocenters. The van der Waals surface area contributed by atoms with Gasteiger partial charge in [-0.1, -0.05) is 28.1 Å². The topological polar surface area (TPSA) is 15.3 Å². The molecule has 1 aromatic carbocycles. The molecule has 2 saturated heterocycles. The third kappa shape index (κ3) is 2.28. The van der Waals surface area contributed by atoms with Gasteiger partial charge in [-0.2, -0.15) is 0 Å². The molecule has 0 saturated carbocycles. The molecule has 3 heteroatoms. The van der Waals surface area contributed by atoms with Gasteiger partial charge in [-0.3, -0.25) is 4.90 Å². The number of likely N-dealkylation sites (tertiary alicyclic amines) is 1. The van der Waals surface area contributed by atoms with Crippen LogP contribution in [0.3, 0.4) is 0 Å². The zero-order valence-electron chi connectivity index (χ0n) is 10.2. The van der Waals surface area contributed by atoms with Crippen molar-refractivity contribution in [2.24, 2.45) is 11.8 Å². The molecule has 0 spiro atoms. The van der Waals surface area contributed by atoms with Crippen LogP contribution in [0.2, 0.25) is 0 Å². The number of nitrogens with zero attached hydrogens (tertiary/aromatic N) is 1. The molecular weight excluding hydrogens is 276 g/mol. The molecule has 17 heavy (non-hydrogen) atoms. The van der Waals surface area contributed by atoms with Crippen LogP contribution in [0.15, 0.2) is 28.7 Å². The molecule has 0 aromatic heterocycles. The summed E-state index contributed by atoms with van der Waals surface area (Å²) < 4.78 is 1.18. The van der Waals surface area contributed by atoms with Crippen LogP contribution in [-0.4, -0.2) is 31.1 Å². The molecule has 0 amide bonds. The van der Waals surface area contributed by atoms with Crippen LogP contribution < -0.4 is 5.32 Å². The van der Waals surface area contributed by atoms with Crippen LogP contribution >= 0.6 is 15.9 Å². The molecule has 2 aliphatic heterocycles. The zero-order valence-corrected chi connectivity index (χ0v) is 11.8. The highest BCUT2D eigenvalue weighted by molar-refractivity contribution is 9.10. The van der Waals surface area contributed by atoms with E-state index in [0.717, 1.165) is 11.8 Å². The summed E-state index contributed by atoms with van der Waals surface area (Å²) in [6.45, 7) is 7.27. The van der Waals surface area contributed by atoms with Crippen LogP contribution in [-0.2, 0) is 0 Å². The number of fused-ring (bicyclic) bond motifs is 1. The fourth-order valence-electron chi connectivity index (χ4n) is 3.19. The summed E-state index contributed by atoms with van der Waals surface area (Å²) in [7, 11) is 0. The Morgan fingerprint density at radius 3 is 2.65 bits per heavy atom. The van der Waals surface area contributed by atoms with E-state index in [0.29, 0.717) is 6.04 Å². The maximum absolute atomic E-state index is 3.56. The highest BCUT2D eigenvalue weighted by Gasteiger charge is 2.37. The van der Waals surface area contributed by atoms with Gasteiger partial charge in [0.2, 0.25) is 0 Å². The third-order valence-corrected chi connectivity index (χ3v) is 4.79. The summed E-state index contributed by atoms with van der Waals surface area (Å²) >= 11 is 3.56. The van der Waals surface area contributed by atoms with E-state index in [4.69, 9.17) is 0 Å². The van der Waals surface area contributed by atoms with Crippen LogP contribution in [0.4, 0.5) is 0 Å². The molecule has 1 aromatic rings. The molecule has 2 heterocycles. The number of benzene rings is 1. The van der Waals surface area contributed by atoms with Gasteiger partial charge in [0.25, 0.3) is 0 Å². The number of hydrogen-bond donors (Lipinski definition) is 1. The van der Waals surface area contributed by atoms with Gasteiger partial charge in [0, 0.05) is 23.6 Å². The van der Waals surface area contributed by atoms with Gasteiger partial charge >= 0.3 is 0 Å². The van der Waals surface area contributed by atoms with E-state index in [1.165, 1.54) is 36.2 Å². The summed E-state index contributed by atoms with van der Waals surface area (Å²) in [5.41, 5.74) is 1.42. The van der Waals surface area contributed by atoms with Crippen LogP contribution in [0, 0.1) is 11.8 Å². The van der Waals surface area contributed by atoms with Crippen molar-refractivity contribution in [2.45, 2.75) is 13.0 Å². The predicted molar refractivity (Wildman–Crippen MR) is 74.0 cm³/mol. The summed E-state index contributed by atoms with van der Waals surface area (Å²) in [4.78, 5) is 2.64. The predicted octanol–water partition coefficient (Wildman–Crippen LogP) is 2.66. The van der Waals surface area contributed by atoms with Gasteiger partial charge in [-0.25, -0.2) is 0 Å². The first-order valence-corrected chi connectivity index (χ1v) is 7.23. The molecule has 2 aliphatic rings. The normalized spacial score (nSPS) is 30.5. The van der Waals surface area contributed by atoms with E-state index in [-0.39, 0.29) is 0 Å². The Morgan fingerprint density at radius 2 is 2.00 bits per heavy atom. The number of halogens is 1. The smallest absolute Gasteiger partial charge is 0.0320 e. The summed E-state index contributed by atoms with van der Waals surface area (Å²) in [6.07, 6.45) is 0. The van der Waals surface area contributed by atoms with Crippen molar-refractivity contribution in [1.82, 2.24) is 10.2 Å². The Hall–Kier alpha value is -0.380. The fraction of sp³-hybridized carbons (Fsp3) is 0.571. The highest BCUT2D eigenvalue weighted by atomic mass is 79.9. The summed E-state index contributed by atoms with van der Waals surface area (Å²) in [5.74, 6) is 1.76. The molecule has 3 rings (SSSR count). The largest absolute Gasteiger partial charge is 0.316 e. The van der Waals surface area contributed by atoms with Crippen LogP contribution in [0.5, 0.6) is 0 Å². The van der Waals surface area contributed by atoms with Crippen molar-refractivity contribution in [2.75, 3.05) is 26.2 Å². The Morgan fingerprint density at radius 1 is 1.29 bits per heavy atom. The Balaban J connectivity index is 1.73. The monoisotopic (exact) mass is 294 g/mol. The van der Waals surface area contributed by atoms with Crippen molar-refractivity contribution in [1.29, 1.82) is 0 Å². The quantitative estimate of drug-likeness (QED) is 0.902. The zero-order chi connectivity index (χ0) is 11.8. The molecule has 2 nitrogen and oxygen atoms in total. The van der Waals surface area contributed by atoms with Crippen LogP contribution in [0.25, 0.3) is 0 Å². The van der Waals surface area contributed by atoms with Crippen molar-refractivity contribution in [3.05, 3.63) is 34.3 Å². The maximum Gasteiger partial charge on any atom is 0.0320 e. The van der Waals surface area contributed by atoms with E-state index in [1.54, 1.807) is 0 Å². The number of nitrogens with one attached hydrogen (secondary N) is 1. The maximum atomic E-state index is 3.56. The Kier molecular flexibility index (Phi) is 3.24. The molecule has 0 aliphatic carbocycles. The summed E-state index contributed by atoms with van der Waals surface area (Å²) in [6, 6.07) is 9.25. The second-order valence-electron chi connectivity index (χ2n) is 5.36. The summed E-state index contributed by atoms with van der Waals surface area (Å²) in [5, 5.41) is 3.50.